The van der Waals surface area contributed by atoms with Crippen LogP contribution in [0, 0.1) is 0 Å². The molecule has 12 rings (SSSR count). The summed E-state index contributed by atoms with van der Waals surface area (Å²) in [5, 5.41) is 21.3. The van der Waals surface area contributed by atoms with Gasteiger partial charge in [0.15, 0.2) is 0 Å². The Morgan fingerprint density at radius 2 is 1.08 bits per heavy atom. The van der Waals surface area contributed by atoms with Gasteiger partial charge >= 0.3 is 5.97 Å². The summed E-state index contributed by atoms with van der Waals surface area (Å²) < 4.78 is 21.1. The zero-order valence-electron chi connectivity index (χ0n) is 39.2. The molecule has 0 saturated carbocycles. The number of fused-ring (bicyclic) bond motifs is 2. The fraction of sp³-hybridized carbons (Fsp3) is 0.192. The summed E-state index contributed by atoms with van der Waals surface area (Å²) in [6, 6.07) is 30.3. The van der Waals surface area contributed by atoms with E-state index in [2.05, 4.69) is 77.4 Å². The fourth-order valence-electron chi connectivity index (χ4n) is 8.22. The summed E-state index contributed by atoms with van der Waals surface area (Å²) in [5.41, 5.74) is 15.7. The van der Waals surface area contributed by atoms with Crippen LogP contribution < -0.4 is 20.9 Å². The molecule has 6 N–H and O–H groups in total. The minimum Gasteiger partial charge on any atom is -0.481 e. The average Bonchev–Trinajstić information content (AvgIpc) is 4.28. The molecule has 368 valence electrons. The summed E-state index contributed by atoms with van der Waals surface area (Å²) >= 11 is 0. The molecular weight excluding hydrogens is 933 g/mol. The van der Waals surface area contributed by atoms with Crippen LogP contribution >= 0.6 is 0 Å². The van der Waals surface area contributed by atoms with Crippen LogP contribution in [0.5, 0.6) is 0 Å². The van der Waals surface area contributed by atoms with E-state index in [-0.39, 0.29) is 18.7 Å². The van der Waals surface area contributed by atoms with Crippen molar-refractivity contribution in [3.8, 4) is 45.0 Å². The number of anilines is 4. The molecule has 2 aliphatic rings. The first-order chi connectivity index (χ1) is 35.8. The number of amides is 1. The molecule has 0 atom stereocenters. The van der Waals surface area contributed by atoms with Gasteiger partial charge in [-0.2, -0.15) is 0 Å². The van der Waals surface area contributed by atoms with Crippen LogP contribution in [0.2, 0.25) is 0 Å². The Kier molecular flexibility index (Phi) is 14.4. The summed E-state index contributed by atoms with van der Waals surface area (Å²) in [6.07, 6.45) is 9.80. The van der Waals surface area contributed by atoms with E-state index in [1.807, 2.05) is 66.7 Å². The van der Waals surface area contributed by atoms with Crippen molar-refractivity contribution in [2.75, 3.05) is 73.5 Å². The third kappa shape index (κ3) is 11.7. The van der Waals surface area contributed by atoms with Crippen molar-refractivity contribution in [3.63, 3.8) is 0 Å². The lowest BCUT2D eigenvalue weighted by molar-refractivity contribution is -0.136. The number of carbonyl (C=O) groups excluding carboxylic acids is 1. The number of ether oxygens (including phenoxy) is 2. The van der Waals surface area contributed by atoms with Crippen molar-refractivity contribution in [1.82, 2.24) is 50.2 Å². The van der Waals surface area contributed by atoms with Gasteiger partial charge in [-0.3, -0.25) is 19.6 Å². The molecule has 8 aromatic heterocycles. The van der Waals surface area contributed by atoms with E-state index in [1.54, 1.807) is 55.6 Å². The molecule has 0 unspecified atom stereocenters. The zero-order valence-corrected chi connectivity index (χ0v) is 39.2. The number of carboxylic acids is 1. The van der Waals surface area contributed by atoms with E-state index in [0.29, 0.717) is 41.8 Å². The van der Waals surface area contributed by atoms with E-state index >= 15 is 0 Å². The Hall–Kier alpha value is -9.34. The van der Waals surface area contributed by atoms with Gasteiger partial charge in [-0.15, -0.1) is 0 Å². The number of rotatable bonds is 11. The molecule has 1 amide bonds. The Morgan fingerprint density at radius 1 is 0.603 bits per heavy atom. The minimum absolute atomic E-state index is 0.0834. The van der Waals surface area contributed by atoms with Gasteiger partial charge in [-0.25, -0.2) is 19.9 Å². The molecule has 2 fully saturated rings. The number of aromatic nitrogens is 10. The summed E-state index contributed by atoms with van der Waals surface area (Å²) in [5.74, 6) is 1.57. The van der Waals surface area contributed by atoms with Crippen LogP contribution in [-0.2, 0) is 31.9 Å². The number of H-pyrrole nitrogens is 2. The number of hydrogen-bond donors (Lipinski definition) is 5. The van der Waals surface area contributed by atoms with E-state index in [9.17, 15) is 9.59 Å². The van der Waals surface area contributed by atoms with Crippen LogP contribution in [0.15, 0.2) is 144 Å². The molecule has 2 aromatic carbocycles. The van der Waals surface area contributed by atoms with Gasteiger partial charge in [0.2, 0.25) is 5.91 Å². The van der Waals surface area contributed by atoms with Crippen LogP contribution in [-0.4, -0.2) is 120 Å². The maximum Gasteiger partial charge on any atom is 0.311 e. The number of pyridine rings is 2. The molecule has 73 heavy (non-hydrogen) atoms. The molecule has 21 nitrogen and oxygen atoms in total. The van der Waals surface area contributed by atoms with Crippen molar-refractivity contribution in [3.05, 3.63) is 146 Å². The fourth-order valence-corrected chi connectivity index (χ4v) is 8.22. The number of aromatic amines is 2. The van der Waals surface area contributed by atoms with Crippen LogP contribution in [0.4, 0.5) is 23.0 Å². The SMILES string of the molecule is Nc1ccc(-c2cc3c(N4CCOCC4)ncnc3[nH]2)cc1.O=C(Cc1cc(-c2cccnc2)no1)Nc1ccc(-c2cc3c(N4CCOCC4)ncnc3[nH]2)cc1.O=C(O)Cc1cc(-c2cccnc2)no1. The van der Waals surface area contributed by atoms with Crippen LogP contribution in [0.1, 0.15) is 11.5 Å². The van der Waals surface area contributed by atoms with Gasteiger partial charge in [0.1, 0.15) is 64.9 Å². The zero-order chi connectivity index (χ0) is 49.9. The lowest BCUT2D eigenvalue weighted by atomic mass is 10.1. The number of nitrogens with two attached hydrogens (primary N) is 1. The molecule has 0 bridgehead atoms. The van der Waals surface area contributed by atoms with E-state index in [4.69, 9.17) is 29.4 Å². The highest BCUT2D eigenvalue weighted by molar-refractivity contribution is 5.94. The standard InChI is InChI=1S/C26H23N7O3.C16H17N5O.C10H8N2O3/c34-24(13-20-12-23(32-36-20)18-2-1-7-27-15-18)30-19-5-3-17(4-6-19)22-14-21-25(31-22)28-16-29-26(21)33-8-10-35-11-9-33;17-12-3-1-11(2-4-12)14-9-13-15(20-14)18-10-19-16(13)21-5-7-22-8-6-21;13-10(14)5-8-4-9(12-15-8)7-2-1-3-11-6-7/h1-7,12,14-16H,8-11,13H2,(H,30,34)(H,28,29,31);1-4,9-10H,5-8,17H2,(H,18,19,20);1-4,6H,5H2,(H,13,14). The highest BCUT2D eigenvalue weighted by Crippen LogP contribution is 2.31. The maximum atomic E-state index is 12.5. The van der Waals surface area contributed by atoms with Crippen molar-refractivity contribution < 1.29 is 33.2 Å². The highest BCUT2D eigenvalue weighted by Gasteiger charge is 2.20. The van der Waals surface area contributed by atoms with E-state index < -0.39 is 5.97 Å². The first-order valence-electron chi connectivity index (χ1n) is 23.3. The Labute approximate surface area is 416 Å². The van der Waals surface area contributed by atoms with Crippen molar-refractivity contribution >= 4 is 57.0 Å². The molecule has 2 saturated heterocycles. The number of hydrogen-bond acceptors (Lipinski definition) is 17. The molecule has 0 radical (unpaired) electrons. The number of benzene rings is 2. The van der Waals surface area contributed by atoms with Crippen molar-refractivity contribution in [2.45, 2.75) is 12.8 Å². The number of morpholine rings is 2. The van der Waals surface area contributed by atoms with Crippen LogP contribution in [0.3, 0.4) is 0 Å². The Balaban J connectivity index is 0.000000140. The monoisotopic (exact) mass is 980 g/mol. The van der Waals surface area contributed by atoms with Gasteiger partial charge in [-0.1, -0.05) is 34.6 Å². The van der Waals surface area contributed by atoms with Gasteiger partial charge in [0, 0.05) is 97.0 Å². The third-order valence-electron chi connectivity index (χ3n) is 11.8. The predicted molar refractivity (Wildman–Crippen MR) is 272 cm³/mol. The molecule has 21 heteroatoms. The third-order valence-corrected chi connectivity index (χ3v) is 11.8. The predicted octanol–water partition coefficient (Wildman–Crippen LogP) is 7.10. The van der Waals surface area contributed by atoms with E-state index in [1.165, 1.54) is 0 Å². The molecule has 10 aromatic rings. The summed E-state index contributed by atoms with van der Waals surface area (Å²) in [7, 11) is 0. The molecule has 0 spiro atoms. The lowest BCUT2D eigenvalue weighted by Crippen LogP contribution is -2.36. The summed E-state index contributed by atoms with van der Waals surface area (Å²) in [6.45, 7) is 6.18. The normalized spacial score (nSPS) is 13.5. The van der Waals surface area contributed by atoms with Gasteiger partial charge in [0.25, 0.3) is 0 Å². The number of aliphatic carboxylic acids is 1. The number of nitrogens with zero attached hydrogens (tertiary/aromatic N) is 10. The molecule has 2 aliphatic heterocycles. The number of nitrogen functional groups attached to an aromatic ring is 1. The quantitative estimate of drug-likeness (QED) is 0.0808. The number of nitrogens with one attached hydrogen (secondary N) is 3. The molecular formula is C52H48N14O7. The highest BCUT2D eigenvalue weighted by atomic mass is 16.5. The smallest absolute Gasteiger partial charge is 0.311 e. The van der Waals surface area contributed by atoms with Gasteiger partial charge in [0.05, 0.1) is 43.6 Å². The summed E-state index contributed by atoms with van der Waals surface area (Å²) in [4.78, 5) is 59.9. The Morgan fingerprint density at radius 3 is 1.55 bits per heavy atom. The maximum absolute atomic E-state index is 12.5. The lowest BCUT2D eigenvalue weighted by Gasteiger charge is -2.27. The second-order valence-corrected chi connectivity index (χ2v) is 16.8. The minimum atomic E-state index is -0.941. The second kappa shape index (κ2) is 22.2. The van der Waals surface area contributed by atoms with Gasteiger partial charge in [-0.05, 0) is 71.8 Å². The van der Waals surface area contributed by atoms with E-state index in [0.717, 1.165) is 112 Å². The van der Waals surface area contributed by atoms with Gasteiger partial charge < -0.3 is 54.4 Å². The van der Waals surface area contributed by atoms with Crippen molar-refractivity contribution in [2.24, 2.45) is 0 Å². The molecule has 10 heterocycles. The first kappa shape index (κ1) is 47.3. The number of carbonyl (C=O) groups is 2. The largest absolute Gasteiger partial charge is 0.481 e. The van der Waals surface area contributed by atoms with Crippen molar-refractivity contribution in [1.29, 1.82) is 0 Å². The Bertz CT molecular complexity index is 3420. The van der Waals surface area contributed by atoms with Crippen LogP contribution in [0.25, 0.3) is 67.1 Å². The topological polar surface area (TPSA) is 278 Å². The first-order valence-corrected chi connectivity index (χ1v) is 23.3. The second-order valence-electron chi connectivity index (χ2n) is 16.8. The molecule has 0 aliphatic carbocycles. The number of carboxylic acid groups (broad SMARTS) is 1. The average molecular weight is 981 g/mol.